The molecule has 17 atom stereocenters. The van der Waals surface area contributed by atoms with E-state index in [0.717, 1.165) is 32.1 Å². The SMILES string of the molecule is CC(C)(O)[C@@H]1CC[C@@]2(C)[C@@H]1[C@H]1CC[C@@H]3[C@@]4(C)CC[C@H](O)C(C)(C)[C@@H]4[C@@H](O[C@H]4O[C@@H](CO)[C@H](O)[C@@H](O)[C@@H]4O)C[C@@]3(C)[C@]1(C)C[C@@H]2O. The van der Waals surface area contributed by atoms with Gasteiger partial charge in [-0.05, 0) is 122 Å². The minimum Gasteiger partial charge on any atom is -0.394 e. The van der Waals surface area contributed by atoms with Crippen molar-refractivity contribution in [3.05, 3.63) is 0 Å². The lowest BCUT2D eigenvalue weighted by atomic mass is 9.31. The highest BCUT2D eigenvalue weighted by Gasteiger charge is 2.74. The van der Waals surface area contributed by atoms with Crippen LogP contribution < -0.4 is 0 Å². The van der Waals surface area contributed by atoms with Gasteiger partial charge in [-0.25, -0.2) is 0 Å². The molecule has 9 heteroatoms. The molecule has 0 aromatic carbocycles. The lowest BCUT2D eigenvalue weighted by Gasteiger charge is -2.74. The molecule has 1 saturated heterocycles. The van der Waals surface area contributed by atoms with Crippen molar-refractivity contribution in [2.75, 3.05) is 6.61 Å². The van der Waals surface area contributed by atoms with E-state index in [2.05, 4.69) is 41.5 Å². The molecule has 7 N–H and O–H groups in total. The van der Waals surface area contributed by atoms with Gasteiger partial charge in [0.15, 0.2) is 6.29 Å². The van der Waals surface area contributed by atoms with E-state index < -0.39 is 66.6 Å². The van der Waals surface area contributed by atoms with Crippen molar-refractivity contribution in [2.24, 2.45) is 56.7 Å². The maximum absolute atomic E-state index is 12.0. The fourth-order valence-corrected chi connectivity index (χ4v) is 13.4. The minimum absolute atomic E-state index is 0.0891. The van der Waals surface area contributed by atoms with Crippen LogP contribution in [0.5, 0.6) is 0 Å². The van der Waals surface area contributed by atoms with Gasteiger partial charge >= 0.3 is 0 Å². The first-order valence-electron chi connectivity index (χ1n) is 17.7. The van der Waals surface area contributed by atoms with Crippen molar-refractivity contribution >= 4 is 0 Å². The lowest BCUT2D eigenvalue weighted by molar-refractivity contribution is -0.349. The van der Waals surface area contributed by atoms with Crippen molar-refractivity contribution in [1.82, 2.24) is 0 Å². The zero-order chi connectivity index (χ0) is 33.3. The molecule has 1 aliphatic heterocycles. The third-order valence-corrected chi connectivity index (χ3v) is 15.8. The Labute approximate surface area is 269 Å². The van der Waals surface area contributed by atoms with Crippen LogP contribution in [-0.4, -0.2) is 97.0 Å². The van der Waals surface area contributed by atoms with E-state index in [1.54, 1.807) is 0 Å². The molecule has 0 aromatic heterocycles. The van der Waals surface area contributed by atoms with Gasteiger partial charge in [0, 0.05) is 0 Å². The van der Waals surface area contributed by atoms with E-state index >= 15 is 0 Å². The molecule has 45 heavy (non-hydrogen) atoms. The highest BCUT2D eigenvalue weighted by molar-refractivity contribution is 5.22. The summed E-state index contributed by atoms with van der Waals surface area (Å²) >= 11 is 0. The first-order valence-corrected chi connectivity index (χ1v) is 17.7. The number of rotatable bonds is 4. The Hall–Kier alpha value is -0.360. The second kappa shape index (κ2) is 10.8. The second-order valence-electron chi connectivity index (χ2n) is 18.6. The van der Waals surface area contributed by atoms with Crippen LogP contribution in [0.3, 0.4) is 0 Å². The van der Waals surface area contributed by atoms with Crippen molar-refractivity contribution in [2.45, 2.75) is 161 Å². The number of aliphatic hydroxyl groups excluding tert-OH is 6. The van der Waals surface area contributed by atoms with Gasteiger partial charge in [0.1, 0.15) is 24.4 Å². The highest BCUT2D eigenvalue weighted by Crippen LogP contribution is 2.77. The van der Waals surface area contributed by atoms with Gasteiger partial charge in [-0.3, -0.25) is 0 Å². The van der Waals surface area contributed by atoms with E-state index in [9.17, 15) is 35.7 Å². The Balaban J connectivity index is 1.44. The number of aliphatic hydroxyl groups is 7. The van der Waals surface area contributed by atoms with Crippen LogP contribution in [0.1, 0.15) is 107 Å². The van der Waals surface area contributed by atoms with Crippen molar-refractivity contribution in [3.8, 4) is 0 Å². The summed E-state index contributed by atoms with van der Waals surface area (Å²) in [4.78, 5) is 0. The first kappa shape index (κ1) is 34.5. The Kier molecular flexibility index (Phi) is 8.29. The van der Waals surface area contributed by atoms with Crippen LogP contribution in [0.2, 0.25) is 0 Å². The summed E-state index contributed by atoms with van der Waals surface area (Å²) in [6.45, 7) is 16.9. The predicted octanol–water partition coefficient (Wildman–Crippen LogP) is 2.99. The summed E-state index contributed by atoms with van der Waals surface area (Å²) in [6, 6.07) is 0. The monoisotopic (exact) mass is 638 g/mol. The molecule has 9 nitrogen and oxygen atoms in total. The summed E-state index contributed by atoms with van der Waals surface area (Å²) in [6.07, 6.45) is -1.62. The molecule has 5 aliphatic carbocycles. The van der Waals surface area contributed by atoms with E-state index in [1.165, 1.54) is 0 Å². The van der Waals surface area contributed by atoms with E-state index in [0.29, 0.717) is 31.1 Å². The summed E-state index contributed by atoms with van der Waals surface area (Å²) in [5, 5.41) is 76.9. The summed E-state index contributed by atoms with van der Waals surface area (Å²) in [5.74, 6) is 0.800. The number of fused-ring (bicyclic) bond motifs is 7. The predicted molar refractivity (Wildman–Crippen MR) is 168 cm³/mol. The molecule has 260 valence electrons. The van der Waals surface area contributed by atoms with E-state index in [4.69, 9.17) is 9.47 Å². The van der Waals surface area contributed by atoms with Crippen molar-refractivity contribution in [1.29, 1.82) is 0 Å². The maximum Gasteiger partial charge on any atom is 0.186 e. The molecule has 6 fully saturated rings. The Bertz CT molecular complexity index is 1120. The molecule has 0 amide bonds. The average molecular weight is 639 g/mol. The average Bonchev–Trinajstić information content (AvgIpc) is 3.31. The molecule has 0 aromatic rings. The minimum atomic E-state index is -1.53. The molecule has 0 unspecified atom stereocenters. The van der Waals surface area contributed by atoms with E-state index in [-0.39, 0.29) is 39.4 Å². The molecule has 0 spiro atoms. The van der Waals surface area contributed by atoms with Crippen LogP contribution in [0.4, 0.5) is 0 Å². The third kappa shape index (κ3) is 4.64. The van der Waals surface area contributed by atoms with Gasteiger partial charge in [0.05, 0.1) is 30.5 Å². The Morgan fingerprint density at radius 2 is 1.40 bits per heavy atom. The fraction of sp³-hybridized carbons (Fsp3) is 1.00. The molecule has 1 heterocycles. The van der Waals surface area contributed by atoms with Gasteiger partial charge in [-0.1, -0.05) is 41.5 Å². The van der Waals surface area contributed by atoms with E-state index in [1.807, 2.05) is 13.8 Å². The van der Waals surface area contributed by atoms with Crippen LogP contribution in [0, 0.1) is 56.7 Å². The molecule has 0 bridgehead atoms. The number of hydrogen-bond donors (Lipinski definition) is 7. The van der Waals surface area contributed by atoms with Gasteiger partial charge < -0.3 is 45.2 Å². The molecule has 5 saturated carbocycles. The lowest BCUT2D eigenvalue weighted by Crippen LogP contribution is -2.72. The largest absolute Gasteiger partial charge is 0.394 e. The summed E-state index contributed by atoms with van der Waals surface area (Å²) in [7, 11) is 0. The normalized spacial score (nSPS) is 57.8. The van der Waals surface area contributed by atoms with Crippen molar-refractivity contribution < 1.29 is 45.2 Å². The Morgan fingerprint density at radius 1 is 0.756 bits per heavy atom. The molecular formula is C36H62O9. The van der Waals surface area contributed by atoms with Crippen LogP contribution in [0.15, 0.2) is 0 Å². The second-order valence-corrected chi connectivity index (χ2v) is 18.6. The Morgan fingerprint density at radius 3 is 2.02 bits per heavy atom. The van der Waals surface area contributed by atoms with Crippen LogP contribution in [-0.2, 0) is 9.47 Å². The zero-order valence-corrected chi connectivity index (χ0v) is 28.8. The van der Waals surface area contributed by atoms with Gasteiger partial charge in [-0.2, -0.15) is 0 Å². The summed E-state index contributed by atoms with van der Waals surface area (Å²) < 4.78 is 12.7. The summed E-state index contributed by atoms with van der Waals surface area (Å²) in [5.41, 5.74) is -2.37. The van der Waals surface area contributed by atoms with Gasteiger partial charge in [0.25, 0.3) is 0 Å². The fourth-order valence-electron chi connectivity index (χ4n) is 13.4. The van der Waals surface area contributed by atoms with Gasteiger partial charge in [-0.15, -0.1) is 0 Å². The molecule has 6 aliphatic rings. The third-order valence-electron chi connectivity index (χ3n) is 15.8. The number of hydrogen-bond acceptors (Lipinski definition) is 9. The highest BCUT2D eigenvalue weighted by atomic mass is 16.7. The van der Waals surface area contributed by atoms with Crippen LogP contribution in [0.25, 0.3) is 0 Å². The topological polar surface area (TPSA) is 160 Å². The first-order chi connectivity index (χ1) is 20.7. The molecule has 6 rings (SSSR count). The maximum atomic E-state index is 12.0. The number of ether oxygens (including phenoxy) is 2. The molecule has 0 radical (unpaired) electrons. The quantitative estimate of drug-likeness (QED) is 0.230. The molecular weight excluding hydrogens is 576 g/mol. The standard InChI is InChI=1S/C36H62O9/c1-31(2)23(38)12-14-33(5)22-10-9-19-25-18(32(3,4)43)11-13-34(25,6)24(39)16-35(19,7)36(22,8)15-20(29(31)33)44-30-28(42)27(41)26(40)21(17-37)45-30/h18-30,37-43H,9-17H2,1-8H3/t18-,19-,20+,21+,22-,23+,24+,25+,26+,27-,28+,29+,30+,33-,34-,35-,36-/m1/s1. The van der Waals surface area contributed by atoms with Crippen molar-refractivity contribution in [3.63, 3.8) is 0 Å². The smallest absolute Gasteiger partial charge is 0.186 e. The zero-order valence-electron chi connectivity index (χ0n) is 28.8. The van der Waals surface area contributed by atoms with Gasteiger partial charge in [0.2, 0.25) is 0 Å². The van der Waals surface area contributed by atoms with Crippen LogP contribution >= 0.6 is 0 Å².